The molecule has 17 heavy (non-hydrogen) atoms. The van der Waals surface area contributed by atoms with Crippen LogP contribution in [0.1, 0.15) is 39.0 Å². The molecule has 0 spiro atoms. The second kappa shape index (κ2) is 8.64. The maximum atomic E-state index is 11.6. The predicted molar refractivity (Wildman–Crippen MR) is 71.4 cm³/mol. The summed E-state index contributed by atoms with van der Waals surface area (Å²) in [5.74, 6) is 1.39. The highest BCUT2D eigenvalue weighted by Crippen LogP contribution is 2.16. The second-order valence-corrected chi connectivity index (χ2v) is 6.38. The molecule has 1 amide bonds. The smallest absolute Gasteiger partial charge is 0.234 e. The van der Waals surface area contributed by atoms with Crippen molar-refractivity contribution in [3.05, 3.63) is 0 Å². The standard InChI is InChI=1S/C12H24N2O2S/c1-2-17(16)9-8-13-10-12(15)14-11-6-4-3-5-7-11/h11,13H,2-10H2,1H3,(H,14,15). The lowest BCUT2D eigenvalue weighted by Crippen LogP contribution is -2.41. The van der Waals surface area contributed by atoms with Crippen LogP contribution in [-0.2, 0) is 15.6 Å². The SMILES string of the molecule is CCS(=O)CCNCC(=O)NC1CCCCC1. The molecule has 1 aliphatic carbocycles. The molecule has 0 aromatic carbocycles. The first-order valence-corrected chi connectivity index (χ1v) is 8.06. The maximum absolute atomic E-state index is 11.6. The summed E-state index contributed by atoms with van der Waals surface area (Å²) >= 11 is 0. The molecule has 1 unspecified atom stereocenters. The van der Waals surface area contributed by atoms with Crippen LogP contribution in [0, 0.1) is 0 Å². The Labute approximate surface area is 106 Å². The third-order valence-corrected chi connectivity index (χ3v) is 4.39. The third-order valence-electron chi connectivity index (χ3n) is 3.08. The first kappa shape index (κ1) is 14.6. The zero-order valence-corrected chi connectivity index (χ0v) is 11.5. The highest BCUT2D eigenvalue weighted by atomic mass is 32.2. The number of hydrogen-bond donors (Lipinski definition) is 2. The van der Waals surface area contributed by atoms with E-state index in [4.69, 9.17) is 0 Å². The van der Waals surface area contributed by atoms with Gasteiger partial charge in [0.25, 0.3) is 0 Å². The second-order valence-electron chi connectivity index (χ2n) is 4.51. The number of carbonyl (C=O) groups excluding carboxylic acids is 1. The Bertz CT molecular complexity index is 253. The lowest BCUT2D eigenvalue weighted by molar-refractivity contribution is -0.121. The van der Waals surface area contributed by atoms with Crippen molar-refractivity contribution in [3.8, 4) is 0 Å². The van der Waals surface area contributed by atoms with Crippen LogP contribution < -0.4 is 10.6 Å². The average Bonchev–Trinajstić information content (AvgIpc) is 2.35. The molecule has 0 aliphatic heterocycles. The van der Waals surface area contributed by atoms with Crippen molar-refractivity contribution in [2.24, 2.45) is 0 Å². The normalized spacial score (nSPS) is 18.9. The molecule has 0 saturated heterocycles. The Morgan fingerprint density at radius 1 is 1.29 bits per heavy atom. The predicted octanol–water partition coefficient (Wildman–Crippen LogP) is 0.793. The van der Waals surface area contributed by atoms with E-state index >= 15 is 0 Å². The summed E-state index contributed by atoms with van der Waals surface area (Å²) in [6.07, 6.45) is 5.99. The van der Waals surface area contributed by atoms with Crippen LogP contribution in [0.3, 0.4) is 0 Å². The van der Waals surface area contributed by atoms with Crippen molar-refractivity contribution in [3.63, 3.8) is 0 Å². The first-order chi connectivity index (χ1) is 8.22. The van der Waals surface area contributed by atoms with Gasteiger partial charge in [0.15, 0.2) is 0 Å². The van der Waals surface area contributed by atoms with E-state index in [1.54, 1.807) is 0 Å². The zero-order chi connectivity index (χ0) is 12.5. The number of amides is 1. The molecule has 1 atom stereocenters. The van der Waals surface area contributed by atoms with Crippen LogP contribution in [0.25, 0.3) is 0 Å². The van der Waals surface area contributed by atoms with Gasteiger partial charge in [-0.2, -0.15) is 0 Å². The van der Waals surface area contributed by atoms with Gasteiger partial charge in [-0.25, -0.2) is 0 Å². The molecule has 1 fully saturated rings. The fourth-order valence-corrected chi connectivity index (χ4v) is 2.72. The molecule has 2 N–H and O–H groups in total. The molecule has 100 valence electrons. The molecular weight excluding hydrogens is 236 g/mol. The van der Waals surface area contributed by atoms with Crippen molar-refractivity contribution in [1.82, 2.24) is 10.6 Å². The minimum absolute atomic E-state index is 0.0687. The zero-order valence-electron chi connectivity index (χ0n) is 10.7. The van der Waals surface area contributed by atoms with Gasteiger partial charge in [-0.3, -0.25) is 9.00 Å². The quantitative estimate of drug-likeness (QED) is 0.666. The van der Waals surface area contributed by atoms with Crippen LogP contribution in [0.15, 0.2) is 0 Å². The monoisotopic (exact) mass is 260 g/mol. The molecule has 0 bridgehead atoms. The minimum Gasteiger partial charge on any atom is -0.352 e. The summed E-state index contributed by atoms with van der Waals surface area (Å²) in [6, 6.07) is 0.378. The maximum Gasteiger partial charge on any atom is 0.234 e. The Morgan fingerprint density at radius 3 is 2.65 bits per heavy atom. The molecule has 0 heterocycles. The van der Waals surface area contributed by atoms with Crippen LogP contribution in [0.2, 0.25) is 0 Å². The molecule has 1 rings (SSSR count). The van der Waals surface area contributed by atoms with E-state index < -0.39 is 10.8 Å². The van der Waals surface area contributed by atoms with E-state index in [0.717, 1.165) is 12.8 Å². The van der Waals surface area contributed by atoms with Gasteiger partial charge >= 0.3 is 0 Å². The summed E-state index contributed by atoms with van der Waals surface area (Å²) in [5.41, 5.74) is 0. The highest BCUT2D eigenvalue weighted by Gasteiger charge is 2.14. The molecule has 0 radical (unpaired) electrons. The molecule has 0 aromatic heterocycles. The molecule has 4 nitrogen and oxygen atoms in total. The van der Waals surface area contributed by atoms with E-state index in [1.165, 1.54) is 19.3 Å². The van der Waals surface area contributed by atoms with Gasteiger partial charge in [-0.1, -0.05) is 26.2 Å². The largest absolute Gasteiger partial charge is 0.352 e. The molecule has 0 aromatic rings. The Balaban J connectivity index is 2.02. The Kier molecular flexibility index (Phi) is 7.44. The minimum atomic E-state index is -0.742. The fourth-order valence-electron chi connectivity index (χ4n) is 2.06. The van der Waals surface area contributed by atoms with E-state index in [9.17, 15) is 9.00 Å². The van der Waals surface area contributed by atoms with Crippen LogP contribution in [0.5, 0.6) is 0 Å². The number of hydrogen-bond acceptors (Lipinski definition) is 3. The van der Waals surface area contributed by atoms with E-state index in [1.807, 2.05) is 6.92 Å². The fraction of sp³-hybridized carbons (Fsp3) is 0.917. The highest BCUT2D eigenvalue weighted by molar-refractivity contribution is 7.84. The van der Waals surface area contributed by atoms with Gasteiger partial charge in [0.1, 0.15) is 0 Å². The van der Waals surface area contributed by atoms with Gasteiger partial charge in [0.05, 0.1) is 6.54 Å². The van der Waals surface area contributed by atoms with Crippen LogP contribution in [0.4, 0.5) is 0 Å². The lowest BCUT2D eigenvalue weighted by Gasteiger charge is -2.22. The van der Waals surface area contributed by atoms with Crippen molar-refractivity contribution in [2.45, 2.75) is 45.1 Å². The van der Waals surface area contributed by atoms with Gasteiger partial charge in [-0.05, 0) is 12.8 Å². The van der Waals surface area contributed by atoms with Gasteiger partial charge in [0.2, 0.25) is 5.91 Å². The summed E-state index contributed by atoms with van der Waals surface area (Å²) in [7, 11) is -0.742. The number of carbonyl (C=O) groups is 1. The van der Waals surface area contributed by atoms with Gasteiger partial charge in [-0.15, -0.1) is 0 Å². The van der Waals surface area contributed by atoms with Crippen LogP contribution in [-0.4, -0.2) is 40.8 Å². The number of nitrogens with one attached hydrogen (secondary N) is 2. The molecule has 5 heteroatoms. The van der Waals surface area contributed by atoms with Crippen molar-refractivity contribution >= 4 is 16.7 Å². The van der Waals surface area contributed by atoms with Crippen molar-refractivity contribution in [1.29, 1.82) is 0 Å². The van der Waals surface area contributed by atoms with E-state index in [2.05, 4.69) is 10.6 Å². The Morgan fingerprint density at radius 2 is 2.00 bits per heavy atom. The average molecular weight is 260 g/mol. The Hall–Kier alpha value is -0.420. The summed E-state index contributed by atoms with van der Waals surface area (Å²) in [5, 5.41) is 6.08. The van der Waals surface area contributed by atoms with Crippen LogP contribution >= 0.6 is 0 Å². The summed E-state index contributed by atoms with van der Waals surface area (Å²) in [6.45, 7) is 2.90. The lowest BCUT2D eigenvalue weighted by atomic mass is 9.95. The topological polar surface area (TPSA) is 58.2 Å². The van der Waals surface area contributed by atoms with Crippen molar-refractivity contribution in [2.75, 3.05) is 24.6 Å². The first-order valence-electron chi connectivity index (χ1n) is 6.57. The molecule has 1 saturated carbocycles. The number of rotatable bonds is 7. The van der Waals surface area contributed by atoms with E-state index in [-0.39, 0.29) is 5.91 Å². The van der Waals surface area contributed by atoms with E-state index in [0.29, 0.717) is 30.6 Å². The third kappa shape index (κ3) is 6.78. The van der Waals surface area contributed by atoms with Gasteiger partial charge in [0, 0.05) is 34.9 Å². The van der Waals surface area contributed by atoms with Gasteiger partial charge < -0.3 is 10.6 Å². The molecular formula is C12H24N2O2S. The molecule has 1 aliphatic rings. The summed E-state index contributed by atoms with van der Waals surface area (Å²) in [4.78, 5) is 11.6. The van der Waals surface area contributed by atoms with Crippen molar-refractivity contribution < 1.29 is 9.00 Å². The summed E-state index contributed by atoms with van der Waals surface area (Å²) < 4.78 is 11.1.